The predicted molar refractivity (Wildman–Crippen MR) is 109 cm³/mol. The maximum absolute atomic E-state index is 12.6. The predicted octanol–water partition coefficient (Wildman–Crippen LogP) is 2.10. The summed E-state index contributed by atoms with van der Waals surface area (Å²) in [6, 6.07) is 12.8. The van der Waals surface area contributed by atoms with Crippen molar-refractivity contribution in [1.29, 1.82) is 0 Å². The highest BCUT2D eigenvalue weighted by Crippen LogP contribution is 2.18. The van der Waals surface area contributed by atoms with Crippen molar-refractivity contribution in [3.8, 4) is 5.75 Å². The molecule has 7 nitrogen and oxygen atoms in total. The summed E-state index contributed by atoms with van der Waals surface area (Å²) in [6.07, 6.45) is 0.544. The fourth-order valence-corrected chi connectivity index (χ4v) is 3.48. The molecule has 29 heavy (non-hydrogen) atoms. The molecule has 2 aromatic rings. The van der Waals surface area contributed by atoms with Crippen LogP contribution in [0.5, 0.6) is 5.75 Å². The van der Waals surface area contributed by atoms with Crippen LogP contribution in [0.4, 0.5) is 0 Å². The van der Waals surface area contributed by atoms with Crippen LogP contribution < -0.4 is 20.9 Å². The molecule has 0 radical (unpaired) electrons. The van der Waals surface area contributed by atoms with Crippen molar-refractivity contribution < 1.29 is 19.5 Å². The number of nitrogens with one attached hydrogen (secondary N) is 3. The van der Waals surface area contributed by atoms with E-state index >= 15 is 0 Å². The van der Waals surface area contributed by atoms with E-state index in [-0.39, 0.29) is 11.9 Å². The minimum absolute atomic E-state index is 0.268. The molecule has 0 spiro atoms. The summed E-state index contributed by atoms with van der Waals surface area (Å²) in [4.78, 5) is 24.4. The third-order valence-electron chi connectivity index (χ3n) is 5.26. The molecule has 0 aliphatic carbocycles. The van der Waals surface area contributed by atoms with Gasteiger partial charge in [0.25, 0.3) is 5.91 Å². The van der Waals surface area contributed by atoms with Crippen molar-refractivity contribution in [2.24, 2.45) is 5.92 Å². The number of benzene rings is 2. The van der Waals surface area contributed by atoms with Gasteiger partial charge in [-0.15, -0.1) is 0 Å². The molecule has 2 atom stereocenters. The lowest BCUT2D eigenvalue weighted by molar-refractivity contribution is -0.134. The van der Waals surface area contributed by atoms with Gasteiger partial charge in [-0.1, -0.05) is 23.8 Å². The van der Waals surface area contributed by atoms with Crippen LogP contribution in [-0.2, 0) is 11.4 Å². The van der Waals surface area contributed by atoms with Crippen LogP contribution in [0.15, 0.2) is 42.5 Å². The van der Waals surface area contributed by atoms with Crippen LogP contribution in [-0.4, -0.2) is 36.2 Å². The van der Waals surface area contributed by atoms with Gasteiger partial charge in [-0.05, 0) is 62.2 Å². The minimum atomic E-state index is -0.480. The third kappa shape index (κ3) is 5.34. The Kier molecular flexibility index (Phi) is 6.85. The highest BCUT2D eigenvalue weighted by Gasteiger charge is 2.32. The van der Waals surface area contributed by atoms with Crippen LogP contribution >= 0.6 is 0 Å². The molecule has 154 valence electrons. The van der Waals surface area contributed by atoms with E-state index in [4.69, 9.17) is 9.94 Å². The van der Waals surface area contributed by atoms with Gasteiger partial charge in [0.15, 0.2) is 0 Å². The van der Waals surface area contributed by atoms with Crippen LogP contribution in [0.3, 0.4) is 0 Å². The van der Waals surface area contributed by atoms with Gasteiger partial charge in [0, 0.05) is 12.1 Å². The Morgan fingerprint density at radius 2 is 1.93 bits per heavy atom. The standard InChI is InChI=1S/C22H27N3O4/c1-14-3-4-15(2)17(11-14)13-29-18-7-5-16(6-8-18)21(26)24-20-12-23-10-9-19(20)22(27)25-28/h3-8,11,19-20,23,28H,9-10,12-13H2,1-2H3,(H,24,26)(H,25,27). The Morgan fingerprint density at radius 3 is 2.66 bits per heavy atom. The second-order valence-corrected chi connectivity index (χ2v) is 7.40. The zero-order valence-corrected chi connectivity index (χ0v) is 16.7. The first-order chi connectivity index (χ1) is 14.0. The summed E-state index contributed by atoms with van der Waals surface area (Å²) in [5, 5.41) is 14.9. The number of rotatable bonds is 6. The molecule has 1 aliphatic heterocycles. The number of aryl methyl sites for hydroxylation is 2. The monoisotopic (exact) mass is 397 g/mol. The van der Waals surface area contributed by atoms with Gasteiger partial charge >= 0.3 is 0 Å². The zero-order chi connectivity index (χ0) is 20.8. The van der Waals surface area contributed by atoms with Crippen LogP contribution in [0, 0.1) is 19.8 Å². The van der Waals surface area contributed by atoms with Crippen molar-refractivity contribution in [3.05, 3.63) is 64.7 Å². The number of carbonyl (C=O) groups is 2. The Morgan fingerprint density at radius 1 is 1.17 bits per heavy atom. The lowest BCUT2D eigenvalue weighted by Crippen LogP contribution is -2.55. The number of carbonyl (C=O) groups excluding carboxylic acids is 2. The van der Waals surface area contributed by atoms with Gasteiger partial charge < -0.3 is 15.4 Å². The van der Waals surface area contributed by atoms with Crippen LogP contribution in [0.1, 0.15) is 33.5 Å². The Hall–Kier alpha value is -2.90. The third-order valence-corrected chi connectivity index (χ3v) is 5.26. The van der Waals surface area contributed by atoms with Crippen molar-refractivity contribution in [1.82, 2.24) is 16.1 Å². The first kappa shape index (κ1) is 20.8. The van der Waals surface area contributed by atoms with Gasteiger partial charge in [0.05, 0.1) is 12.0 Å². The number of hydrogen-bond acceptors (Lipinski definition) is 5. The highest BCUT2D eigenvalue weighted by atomic mass is 16.5. The van der Waals surface area contributed by atoms with Gasteiger partial charge in [-0.25, -0.2) is 5.48 Å². The van der Waals surface area contributed by atoms with Gasteiger partial charge in [-0.3, -0.25) is 14.8 Å². The molecular formula is C22H27N3O4. The largest absolute Gasteiger partial charge is 0.489 e. The van der Waals surface area contributed by atoms with E-state index in [2.05, 4.69) is 35.8 Å². The van der Waals surface area contributed by atoms with E-state index in [0.29, 0.717) is 37.4 Å². The van der Waals surface area contributed by atoms with E-state index < -0.39 is 11.8 Å². The smallest absolute Gasteiger partial charge is 0.251 e. The van der Waals surface area contributed by atoms with Gasteiger partial charge in [0.1, 0.15) is 12.4 Å². The van der Waals surface area contributed by atoms with Crippen LogP contribution in [0.25, 0.3) is 0 Å². The fourth-order valence-electron chi connectivity index (χ4n) is 3.48. The van der Waals surface area contributed by atoms with Gasteiger partial charge in [-0.2, -0.15) is 0 Å². The number of ether oxygens (including phenoxy) is 1. The van der Waals surface area contributed by atoms with Gasteiger partial charge in [0.2, 0.25) is 5.91 Å². The minimum Gasteiger partial charge on any atom is -0.489 e. The molecule has 2 unspecified atom stereocenters. The molecule has 4 N–H and O–H groups in total. The number of hydroxylamine groups is 1. The molecule has 1 saturated heterocycles. The molecule has 2 aromatic carbocycles. The molecule has 0 bridgehead atoms. The van der Waals surface area contributed by atoms with Crippen molar-refractivity contribution >= 4 is 11.8 Å². The van der Waals surface area contributed by atoms with Crippen molar-refractivity contribution in [2.75, 3.05) is 13.1 Å². The normalized spacial score (nSPS) is 18.7. The quantitative estimate of drug-likeness (QED) is 0.442. The Labute approximate surface area is 170 Å². The number of hydrogen-bond donors (Lipinski definition) is 4. The maximum Gasteiger partial charge on any atom is 0.251 e. The first-order valence-electron chi connectivity index (χ1n) is 9.72. The number of amides is 2. The summed E-state index contributed by atoms with van der Waals surface area (Å²) in [5.41, 5.74) is 5.66. The molecule has 0 aromatic heterocycles. The number of piperidine rings is 1. The van der Waals surface area contributed by atoms with E-state index in [1.54, 1.807) is 29.7 Å². The second-order valence-electron chi connectivity index (χ2n) is 7.40. The summed E-state index contributed by atoms with van der Waals surface area (Å²) in [6.45, 7) is 5.70. The zero-order valence-electron chi connectivity index (χ0n) is 16.7. The summed E-state index contributed by atoms with van der Waals surface area (Å²) < 4.78 is 5.85. The lowest BCUT2D eigenvalue weighted by atomic mass is 9.91. The lowest BCUT2D eigenvalue weighted by Gasteiger charge is -2.31. The van der Waals surface area contributed by atoms with Crippen LogP contribution in [0.2, 0.25) is 0 Å². The Bertz CT molecular complexity index is 867. The average molecular weight is 397 g/mol. The molecule has 3 rings (SSSR count). The molecule has 7 heteroatoms. The fraction of sp³-hybridized carbons (Fsp3) is 0.364. The van der Waals surface area contributed by atoms with Crippen molar-refractivity contribution in [2.45, 2.75) is 32.9 Å². The summed E-state index contributed by atoms with van der Waals surface area (Å²) in [7, 11) is 0. The molecule has 1 fully saturated rings. The van der Waals surface area contributed by atoms with E-state index in [1.807, 2.05) is 6.92 Å². The second kappa shape index (κ2) is 9.54. The molecule has 1 aliphatic rings. The SMILES string of the molecule is Cc1ccc(C)c(COc2ccc(C(=O)NC3CNCCC3C(=O)NO)cc2)c1. The van der Waals surface area contributed by atoms with E-state index in [0.717, 1.165) is 5.56 Å². The molecule has 2 amide bonds. The molecular weight excluding hydrogens is 370 g/mol. The van der Waals surface area contributed by atoms with Crippen molar-refractivity contribution in [3.63, 3.8) is 0 Å². The summed E-state index contributed by atoms with van der Waals surface area (Å²) in [5.74, 6) is -0.535. The van der Waals surface area contributed by atoms with E-state index in [9.17, 15) is 9.59 Å². The molecule has 0 saturated carbocycles. The first-order valence-corrected chi connectivity index (χ1v) is 9.72. The molecule has 1 heterocycles. The summed E-state index contributed by atoms with van der Waals surface area (Å²) >= 11 is 0. The topological polar surface area (TPSA) is 99.7 Å². The Balaban J connectivity index is 1.59. The van der Waals surface area contributed by atoms with E-state index in [1.165, 1.54) is 11.1 Å². The average Bonchev–Trinajstić information content (AvgIpc) is 2.74. The maximum atomic E-state index is 12.6. The highest BCUT2D eigenvalue weighted by molar-refractivity contribution is 5.95.